The van der Waals surface area contributed by atoms with Crippen LogP contribution in [0.25, 0.3) is 0 Å². The molecular formula is C32H39FN4O. The molecule has 200 valence electrons. The van der Waals surface area contributed by atoms with Crippen molar-refractivity contribution in [2.45, 2.75) is 76.2 Å². The molecular weight excluding hydrogens is 475 g/mol. The first-order valence-electron chi connectivity index (χ1n) is 14.6. The van der Waals surface area contributed by atoms with E-state index in [0.29, 0.717) is 24.8 Å². The molecule has 1 atom stereocenters. The molecule has 0 bridgehead atoms. The summed E-state index contributed by atoms with van der Waals surface area (Å²) in [5.74, 6) is 0.178. The van der Waals surface area contributed by atoms with Gasteiger partial charge in [-0.2, -0.15) is 5.10 Å². The first kappa shape index (κ1) is 25.1. The molecule has 3 aliphatic rings. The second kappa shape index (κ2) is 11.3. The summed E-state index contributed by atoms with van der Waals surface area (Å²) in [7, 11) is 0. The molecule has 2 heterocycles. The third kappa shape index (κ3) is 5.23. The van der Waals surface area contributed by atoms with E-state index in [0.717, 1.165) is 63.6 Å². The van der Waals surface area contributed by atoms with Gasteiger partial charge in [-0.25, -0.2) is 4.39 Å². The summed E-state index contributed by atoms with van der Waals surface area (Å²) >= 11 is 0. The Kier molecular flexibility index (Phi) is 7.48. The number of aromatic nitrogens is 2. The second-order valence-electron chi connectivity index (χ2n) is 11.3. The third-order valence-electron chi connectivity index (χ3n) is 8.85. The predicted molar refractivity (Wildman–Crippen MR) is 149 cm³/mol. The highest BCUT2D eigenvalue weighted by Gasteiger charge is 2.35. The molecule has 0 N–H and O–H groups in total. The summed E-state index contributed by atoms with van der Waals surface area (Å²) in [6.45, 7) is 3.10. The zero-order valence-electron chi connectivity index (χ0n) is 22.3. The standard InChI is InChI=1S/C32H39FN4O/c33-26-12-9-10-24(23-26)22-25-11-7-8-17-29-30(34-37(31(25)29)28-15-5-2-6-16-28)32(38)36-20-18-35(19-21-36)27-13-3-1-4-14-27/h1,3-4,9-10,12-14,23,25,28H,2,5-8,11,15-22H2. The third-order valence-corrected chi connectivity index (χ3v) is 8.85. The van der Waals surface area contributed by atoms with E-state index >= 15 is 0 Å². The second-order valence-corrected chi connectivity index (χ2v) is 11.3. The van der Waals surface area contributed by atoms with Crippen LogP contribution in [0.4, 0.5) is 10.1 Å². The van der Waals surface area contributed by atoms with E-state index in [1.165, 1.54) is 42.3 Å². The molecule has 0 radical (unpaired) electrons. The molecule has 2 aromatic carbocycles. The van der Waals surface area contributed by atoms with Crippen LogP contribution in [0.1, 0.15) is 90.6 Å². The van der Waals surface area contributed by atoms with Gasteiger partial charge in [0.15, 0.2) is 5.69 Å². The number of halogens is 1. The molecule has 6 rings (SSSR count). The minimum Gasteiger partial charge on any atom is -0.368 e. The van der Waals surface area contributed by atoms with Gasteiger partial charge in [0, 0.05) is 49.0 Å². The fraction of sp³-hybridized carbons (Fsp3) is 0.500. The number of rotatable bonds is 5. The number of para-hydroxylation sites is 1. The van der Waals surface area contributed by atoms with E-state index in [9.17, 15) is 9.18 Å². The number of amides is 1. The Bertz CT molecular complexity index is 1240. The molecule has 1 aromatic heterocycles. The van der Waals surface area contributed by atoms with Crippen LogP contribution in [0.3, 0.4) is 0 Å². The Labute approximate surface area is 225 Å². The lowest BCUT2D eigenvalue weighted by atomic mass is 9.89. The Morgan fingerprint density at radius 1 is 0.868 bits per heavy atom. The van der Waals surface area contributed by atoms with Gasteiger partial charge in [0.1, 0.15) is 5.82 Å². The number of carbonyl (C=O) groups excluding carboxylic acids is 1. The maximum absolute atomic E-state index is 14.0. The minimum atomic E-state index is -0.178. The van der Waals surface area contributed by atoms with Gasteiger partial charge in [0.2, 0.25) is 0 Å². The monoisotopic (exact) mass is 514 g/mol. The predicted octanol–water partition coefficient (Wildman–Crippen LogP) is 6.54. The van der Waals surface area contributed by atoms with Crippen molar-refractivity contribution in [2.75, 3.05) is 31.1 Å². The first-order chi connectivity index (χ1) is 18.7. The largest absolute Gasteiger partial charge is 0.368 e. The van der Waals surface area contributed by atoms with E-state index in [1.807, 2.05) is 23.1 Å². The smallest absolute Gasteiger partial charge is 0.274 e. The molecule has 3 aromatic rings. The van der Waals surface area contributed by atoms with Crippen molar-refractivity contribution in [3.63, 3.8) is 0 Å². The van der Waals surface area contributed by atoms with E-state index in [2.05, 4.69) is 33.8 Å². The number of piperazine rings is 1. The first-order valence-corrected chi connectivity index (χ1v) is 14.6. The summed E-state index contributed by atoms with van der Waals surface area (Å²) in [6, 6.07) is 17.9. The van der Waals surface area contributed by atoms with Crippen molar-refractivity contribution in [1.29, 1.82) is 0 Å². The van der Waals surface area contributed by atoms with Crippen LogP contribution in [0.2, 0.25) is 0 Å². The molecule has 38 heavy (non-hydrogen) atoms. The Balaban J connectivity index is 1.30. The highest BCUT2D eigenvalue weighted by Crippen LogP contribution is 2.39. The Morgan fingerprint density at radius 2 is 1.63 bits per heavy atom. The van der Waals surface area contributed by atoms with Gasteiger partial charge in [-0.3, -0.25) is 9.48 Å². The van der Waals surface area contributed by atoms with Crippen molar-refractivity contribution >= 4 is 11.6 Å². The molecule has 6 heteroatoms. The van der Waals surface area contributed by atoms with E-state index in [4.69, 9.17) is 5.10 Å². The number of hydrogen-bond donors (Lipinski definition) is 0. The van der Waals surface area contributed by atoms with Crippen molar-refractivity contribution in [3.8, 4) is 0 Å². The maximum Gasteiger partial charge on any atom is 0.274 e. The number of fused-ring (bicyclic) bond motifs is 1. The number of hydrogen-bond acceptors (Lipinski definition) is 3. The van der Waals surface area contributed by atoms with Gasteiger partial charge in [-0.15, -0.1) is 0 Å². The summed E-state index contributed by atoms with van der Waals surface area (Å²) in [5, 5.41) is 5.16. The fourth-order valence-corrected chi connectivity index (χ4v) is 6.87. The van der Waals surface area contributed by atoms with Crippen LogP contribution in [0, 0.1) is 5.82 Å². The molecule has 5 nitrogen and oxygen atoms in total. The zero-order chi connectivity index (χ0) is 25.9. The van der Waals surface area contributed by atoms with E-state index in [1.54, 1.807) is 6.07 Å². The Hall–Kier alpha value is -3.15. The summed E-state index contributed by atoms with van der Waals surface area (Å²) in [4.78, 5) is 18.4. The summed E-state index contributed by atoms with van der Waals surface area (Å²) in [6.07, 6.45) is 11.0. The minimum absolute atomic E-state index is 0.0925. The van der Waals surface area contributed by atoms with Crippen molar-refractivity contribution in [1.82, 2.24) is 14.7 Å². The quantitative estimate of drug-likeness (QED) is 0.363. The SMILES string of the molecule is O=C(c1nn(C2CCCCC2)c2c1CCCCC2Cc1cccc(F)c1)N1CCN(c2ccccc2)CC1. The number of nitrogens with zero attached hydrogens (tertiary/aromatic N) is 4. The number of carbonyl (C=O) groups is 1. The lowest BCUT2D eigenvalue weighted by Gasteiger charge is -2.36. The lowest BCUT2D eigenvalue weighted by Crippen LogP contribution is -2.49. The Morgan fingerprint density at radius 3 is 2.39 bits per heavy atom. The molecule has 1 saturated heterocycles. The van der Waals surface area contributed by atoms with Crippen LogP contribution in [-0.4, -0.2) is 46.8 Å². The van der Waals surface area contributed by atoms with Gasteiger partial charge in [-0.05, 0) is 68.4 Å². The number of benzene rings is 2. The van der Waals surface area contributed by atoms with Gasteiger partial charge in [0.05, 0.1) is 6.04 Å². The fourth-order valence-electron chi connectivity index (χ4n) is 6.87. The highest BCUT2D eigenvalue weighted by molar-refractivity contribution is 5.94. The molecule has 0 spiro atoms. The molecule has 1 unspecified atom stereocenters. The normalized spacial score (nSPS) is 20.7. The van der Waals surface area contributed by atoms with Crippen molar-refractivity contribution in [3.05, 3.63) is 82.9 Å². The number of anilines is 1. The molecule has 2 fully saturated rings. The van der Waals surface area contributed by atoms with E-state index < -0.39 is 0 Å². The lowest BCUT2D eigenvalue weighted by molar-refractivity contribution is 0.0738. The average molecular weight is 515 g/mol. The van der Waals surface area contributed by atoms with Crippen LogP contribution in [0.5, 0.6) is 0 Å². The topological polar surface area (TPSA) is 41.4 Å². The summed E-state index contributed by atoms with van der Waals surface area (Å²) < 4.78 is 16.3. The van der Waals surface area contributed by atoms with Crippen LogP contribution < -0.4 is 4.90 Å². The molecule has 1 saturated carbocycles. The van der Waals surface area contributed by atoms with Gasteiger partial charge < -0.3 is 9.80 Å². The van der Waals surface area contributed by atoms with Crippen LogP contribution >= 0.6 is 0 Å². The van der Waals surface area contributed by atoms with Crippen LogP contribution in [0.15, 0.2) is 54.6 Å². The van der Waals surface area contributed by atoms with E-state index in [-0.39, 0.29) is 17.6 Å². The highest BCUT2D eigenvalue weighted by atomic mass is 19.1. The van der Waals surface area contributed by atoms with Gasteiger partial charge >= 0.3 is 0 Å². The van der Waals surface area contributed by atoms with Gasteiger partial charge in [0.25, 0.3) is 5.91 Å². The van der Waals surface area contributed by atoms with Crippen molar-refractivity contribution < 1.29 is 9.18 Å². The molecule has 2 aliphatic carbocycles. The summed E-state index contributed by atoms with van der Waals surface area (Å²) in [5.41, 5.74) is 5.37. The molecule has 1 aliphatic heterocycles. The molecule has 1 amide bonds. The van der Waals surface area contributed by atoms with Crippen molar-refractivity contribution in [2.24, 2.45) is 0 Å². The average Bonchev–Trinajstić information content (AvgIpc) is 3.23. The maximum atomic E-state index is 14.0. The zero-order valence-corrected chi connectivity index (χ0v) is 22.3. The van der Waals surface area contributed by atoms with Gasteiger partial charge in [-0.1, -0.05) is 56.0 Å². The van der Waals surface area contributed by atoms with Crippen LogP contribution in [-0.2, 0) is 12.8 Å².